The van der Waals surface area contributed by atoms with Gasteiger partial charge in [-0.05, 0) is 0 Å². The molecule has 354 valence electrons. The third-order valence-corrected chi connectivity index (χ3v) is 4.19. The molecule has 0 radical (unpaired) electrons. The molecule has 30 heteroatoms. The lowest BCUT2D eigenvalue weighted by molar-refractivity contribution is -0.145. The predicted molar refractivity (Wildman–Crippen MR) is 190 cm³/mol. The van der Waals surface area contributed by atoms with E-state index < -0.39 is 83.6 Å². The van der Waals surface area contributed by atoms with E-state index in [0.717, 1.165) is 0 Å². The van der Waals surface area contributed by atoms with Crippen molar-refractivity contribution in [1.82, 2.24) is 0 Å². The highest BCUT2D eigenvalue weighted by molar-refractivity contribution is 5.78. The number of carboxylic acids is 13. The van der Waals surface area contributed by atoms with Crippen LogP contribution in [-0.4, -0.2) is 180 Å². The fourth-order valence-corrected chi connectivity index (χ4v) is 1.59. The van der Waals surface area contributed by atoms with Crippen molar-refractivity contribution in [3.05, 3.63) is 0 Å². The number of hydrogen-bond donors (Lipinski definition) is 15. The van der Waals surface area contributed by atoms with Crippen molar-refractivity contribution in [1.29, 1.82) is 0 Å². The summed E-state index contributed by atoms with van der Waals surface area (Å²) in [5.74, 6) is -14.4. The Morgan fingerprint density at radius 3 is 0.410 bits per heavy atom. The summed E-state index contributed by atoms with van der Waals surface area (Å²) in [5, 5.41) is 118. The van der Waals surface area contributed by atoms with Crippen LogP contribution in [0.4, 0.5) is 0 Å². The first-order valence-electron chi connectivity index (χ1n) is 16.0. The molecule has 0 heterocycles. The normalized spacial score (nSPS) is 8.44. The minimum absolute atomic E-state index is 0.0498. The summed E-state index contributed by atoms with van der Waals surface area (Å²) < 4.78 is 4.20. The maximum absolute atomic E-state index is 10.2. The predicted octanol–water partition coefficient (Wildman–Crippen LogP) is -1.39. The number of methoxy groups -OCH3 is 1. The van der Waals surface area contributed by atoms with E-state index in [2.05, 4.69) is 4.74 Å². The van der Waals surface area contributed by atoms with E-state index in [0.29, 0.717) is 0 Å². The molecular weight excluding hydrogens is 852 g/mol. The second kappa shape index (κ2) is 52.5. The first kappa shape index (κ1) is 71.2. The summed E-state index contributed by atoms with van der Waals surface area (Å²) in [7, 11) is 1.23. The number of carbonyl (C=O) groups excluding carboxylic acids is 1. The van der Waals surface area contributed by atoms with Crippen LogP contribution >= 0.6 is 0 Å². The van der Waals surface area contributed by atoms with E-state index in [1.807, 2.05) is 0 Å². The third kappa shape index (κ3) is 144. The van der Waals surface area contributed by atoms with Crippen LogP contribution in [-0.2, 0) is 71.9 Å². The zero-order chi connectivity index (χ0) is 50.1. The molecule has 0 rings (SSSR count). The van der Waals surface area contributed by atoms with Crippen molar-refractivity contribution in [3.63, 3.8) is 0 Å². The molecule has 15 N–H and O–H groups in total. The van der Waals surface area contributed by atoms with Gasteiger partial charge in [-0.2, -0.15) is 0 Å². The molecule has 0 saturated heterocycles. The molecule has 0 unspecified atom stereocenters. The Balaban J connectivity index is -0.0000000882. The second-order valence-electron chi connectivity index (χ2n) is 9.64. The summed E-state index contributed by atoms with van der Waals surface area (Å²) >= 11 is 0. The molecule has 0 spiro atoms. The molecule has 0 aliphatic carbocycles. The first-order chi connectivity index (χ1) is 27.8. The Bertz CT molecular complexity index is 1050. The Labute approximate surface area is 342 Å². The van der Waals surface area contributed by atoms with Crippen LogP contribution in [0.2, 0.25) is 0 Å². The summed E-state index contributed by atoms with van der Waals surface area (Å²) in [6.45, 7) is -0.250. The van der Waals surface area contributed by atoms with Crippen molar-refractivity contribution >= 4 is 83.6 Å². The molecule has 0 saturated carbocycles. The van der Waals surface area contributed by atoms with E-state index in [1.165, 1.54) is 7.11 Å². The van der Waals surface area contributed by atoms with Crippen LogP contribution in [0.15, 0.2) is 0 Å². The lowest BCUT2D eigenvalue weighted by atomic mass is 10.3. The summed E-state index contributed by atoms with van der Waals surface area (Å²) in [6, 6.07) is 0. The van der Waals surface area contributed by atoms with Crippen molar-refractivity contribution in [3.8, 4) is 0 Å². The van der Waals surface area contributed by atoms with Gasteiger partial charge < -0.3 is 81.3 Å². The lowest BCUT2D eigenvalue weighted by Gasteiger charge is -1.92. The zero-order valence-electron chi connectivity index (χ0n) is 32.1. The minimum atomic E-state index is -1.08. The van der Waals surface area contributed by atoms with Crippen molar-refractivity contribution in [2.24, 2.45) is 0 Å². The standard InChI is InChI=1S/C5H8O4.6C4H6O4.C2H6O2/c1-9-5(8)3-2-4(6)7;6*5-3(6)1-2-4(7)8;3-1-2-4/h2-3H2,1H3,(H,6,7);6*1-2H2,(H,5,6)(H,7,8);3-4H,1-2H2. The molecule has 0 aromatic rings. The van der Waals surface area contributed by atoms with Gasteiger partial charge in [-0.15, -0.1) is 0 Å². The van der Waals surface area contributed by atoms with E-state index in [4.69, 9.17) is 76.6 Å². The van der Waals surface area contributed by atoms with Gasteiger partial charge in [0.1, 0.15) is 0 Å². The number of esters is 1. The number of carbonyl (C=O) groups is 14. The number of carboxylic acid groups (broad SMARTS) is 13. The van der Waals surface area contributed by atoms with Gasteiger partial charge in [0.2, 0.25) is 0 Å². The monoisotopic (exact) mass is 902 g/mol. The van der Waals surface area contributed by atoms with Crippen LogP contribution in [0.25, 0.3) is 0 Å². The Morgan fingerprint density at radius 2 is 0.344 bits per heavy atom. The largest absolute Gasteiger partial charge is 0.481 e. The van der Waals surface area contributed by atoms with Gasteiger partial charge in [0.05, 0.1) is 110 Å². The van der Waals surface area contributed by atoms with Crippen LogP contribution in [0.1, 0.15) is 89.9 Å². The number of aliphatic hydroxyl groups excluding tert-OH is 2. The molecule has 0 bridgehead atoms. The number of aliphatic carboxylic acids is 13. The average molecular weight is 903 g/mol. The van der Waals surface area contributed by atoms with E-state index in [1.54, 1.807) is 0 Å². The molecular formula is C31H50O30. The van der Waals surface area contributed by atoms with E-state index in [9.17, 15) is 67.1 Å². The SMILES string of the molecule is COC(=O)CCC(=O)O.O=C(O)CCC(=O)O.O=C(O)CCC(=O)O.O=C(O)CCC(=O)O.O=C(O)CCC(=O)O.O=C(O)CCC(=O)O.O=C(O)CCC(=O)O.OCCO. The quantitative estimate of drug-likeness (QED) is 0.0556. The molecule has 0 aliphatic rings. The van der Waals surface area contributed by atoms with Gasteiger partial charge >= 0.3 is 83.6 Å². The van der Waals surface area contributed by atoms with Gasteiger partial charge in [0.25, 0.3) is 0 Å². The maximum Gasteiger partial charge on any atom is 0.306 e. The molecule has 0 aromatic carbocycles. The molecule has 0 fully saturated rings. The molecule has 30 nitrogen and oxygen atoms in total. The van der Waals surface area contributed by atoms with Crippen LogP contribution in [0, 0.1) is 0 Å². The van der Waals surface area contributed by atoms with Gasteiger partial charge in [-0.3, -0.25) is 67.1 Å². The van der Waals surface area contributed by atoms with Crippen LogP contribution in [0.3, 0.4) is 0 Å². The summed E-state index contributed by atoms with van der Waals surface area (Å²) in [6.07, 6.45) is -3.77. The van der Waals surface area contributed by atoms with E-state index in [-0.39, 0.29) is 103 Å². The van der Waals surface area contributed by atoms with Gasteiger partial charge in [0, 0.05) is 0 Å². The van der Waals surface area contributed by atoms with Gasteiger partial charge in [-0.1, -0.05) is 0 Å². The van der Waals surface area contributed by atoms with Crippen molar-refractivity contribution in [2.45, 2.75) is 89.9 Å². The van der Waals surface area contributed by atoms with Crippen molar-refractivity contribution in [2.75, 3.05) is 20.3 Å². The van der Waals surface area contributed by atoms with Gasteiger partial charge in [-0.25, -0.2) is 0 Å². The summed E-state index contributed by atoms with van der Waals surface area (Å²) in [5.41, 5.74) is 0. The number of ether oxygens (including phenoxy) is 1. The Kier molecular flexibility index (Phi) is 61.3. The molecule has 61 heavy (non-hydrogen) atoms. The van der Waals surface area contributed by atoms with Gasteiger partial charge in [0.15, 0.2) is 0 Å². The third-order valence-electron chi connectivity index (χ3n) is 4.19. The Morgan fingerprint density at radius 1 is 0.246 bits per heavy atom. The van der Waals surface area contributed by atoms with E-state index >= 15 is 0 Å². The zero-order valence-corrected chi connectivity index (χ0v) is 32.1. The van der Waals surface area contributed by atoms with Crippen molar-refractivity contribution < 1.29 is 148 Å². The minimum Gasteiger partial charge on any atom is -0.481 e. The molecule has 0 aliphatic heterocycles. The fourth-order valence-electron chi connectivity index (χ4n) is 1.59. The molecule has 0 atom stereocenters. The molecule has 0 aromatic heterocycles. The fraction of sp³-hybridized carbons (Fsp3) is 0.548. The highest BCUT2D eigenvalue weighted by atomic mass is 16.5. The second-order valence-corrected chi connectivity index (χ2v) is 9.64. The highest BCUT2D eigenvalue weighted by Gasteiger charge is 2.04. The maximum atomic E-state index is 10.2. The lowest BCUT2D eigenvalue weighted by Crippen LogP contribution is -2.04. The topological polar surface area (TPSA) is 552 Å². The Hall–Kier alpha value is -7.50. The smallest absolute Gasteiger partial charge is 0.306 e. The molecule has 0 amide bonds. The number of aliphatic hydroxyl groups is 2. The summed E-state index contributed by atoms with van der Waals surface area (Å²) in [4.78, 5) is 136. The van der Waals surface area contributed by atoms with Crippen LogP contribution in [0.5, 0.6) is 0 Å². The first-order valence-corrected chi connectivity index (χ1v) is 16.0. The highest BCUT2D eigenvalue weighted by Crippen LogP contribution is 1.91. The van der Waals surface area contributed by atoms with Crippen LogP contribution < -0.4 is 0 Å². The number of rotatable bonds is 22. The average Bonchev–Trinajstić information content (AvgIpc) is 3.13. The number of hydrogen-bond acceptors (Lipinski definition) is 17.